The molecular formula is C18H14O4. The number of Topliss-reactive ketones (excluding diaryl/α,β-unsaturated/α-hetero) is 1. The molecule has 2 aliphatic rings. The van der Waals surface area contributed by atoms with Gasteiger partial charge in [0.15, 0.2) is 5.78 Å². The molecule has 0 unspecified atom stereocenters. The zero-order valence-electron chi connectivity index (χ0n) is 11.9. The molecule has 0 saturated carbocycles. The number of carbonyl (C=O) groups is 2. The molecule has 0 radical (unpaired) electrons. The first-order chi connectivity index (χ1) is 10.6. The molecule has 2 aromatic rings. The number of aryl methyl sites for hydroxylation is 1. The highest BCUT2D eigenvalue weighted by Crippen LogP contribution is 2.41. The maximum atomic E-state index is 12.0. The summed E-state index contributed by atoms with van der Waals surface area (Å²) in [6.07, 6.45) is 2.39. The third-order valence-electron chi connectivity index (χ3n) is 4.38. The molecule has 1 aliphatic heterocycles. The number of aromatic carboxylic acids is 1. The second-order valence-electron chi connectivity index (χ2n) is 5.75. The number of hydrogen-bond acceptors (Lipinski definition) is 3. The summed E-state index contributed by atoms with van der Waals surface area (Å²) in [5.74, 6) is -0.0473. The molecule has 0 saturated heterocycles. The van der Waals surface area contributed by atoms with Crippen LogP contribution >= 0.6 is 0 Å². The molecule has 1 heterocycles. The van der Waals surface area contributed by atoms with Gasteiger partial charge in [-0.2, -0.15) is 0 Å². The van der Waals surface area contributed by atoms with Crippen molar-refractivity contribution in [1.82, 2.24) is 0 Å². The van der Waals surface area contributed by atoms with E-state index in [1.165, 1.54) is 0 Å². The summed E-state index contributed by atoms with van der Waals surface area (Å²) in [6.45, 7) is 0.330. The molecule has 0 bridgehead atoms. The van der Waals surface area contributed by atoms with E-state index in [-0.39, 0.29) is 11.3 Å². The van der Waals surface area contributed by atoms with Crippen LogP contribution in [-0.4, -0.2) is 16.9 Å². The number of ether oxygens (including phenoxy) is 1. The first kappa shape index (κ1) is 13.1. The van der Waals surface area contributed by atoms with Crippen LogP contribution in [0.1, 0.15) is 44.7 Å². The highest BCUT2D eigenvalue weighted by atomic mass is 16.5. The van der Waals surface area contributed by atoms with E-state index in [9.17, 15) is 9.59 Å². The van der Waals surface area contributed by atoms with Crippen molar-refractivity contribution in [2.45, 2.75) is 25.9 Å². The molecule has 4 rings (SSSR count). The van der Waals surface area contributed by atoms with Gasteiger partial charge in [0.05, 0.1) is 5.56 Å². The van der Waals surface area contributed by atoms with E-state index in [2.05, 4.69) is 0 Å². The SMILES string of the molecule is O=C(O)c1ccc2c(c1)COc1cc3c(cc1-2)CCCC3=O. The lowest BCUT2D eigenvalue weighted by Crippen LogP contribution is -2.14. The van der Waals surface area contributed by atoms with Gasteiger partial charge in [-0.1, -0.05) is 6.07 Å². The highest BCUT2D eigenvalue weighted by molar-refractivity contribution is 6.00. The Morgan fingerprint density at radius 1 is 1.00 bits per heavy atom. The normalized spacial score (nSPS) is 15.4. The van der Waals surface area contributed by atoms with E-state index < -0.39 is 5.97 Å². The minimum atomic E-state index is -0.940. The van der Waals surface area contributed by atoms with Crippen LogP contribution in [0.15, 0.2) is 30.3 Å². The lowest BCUT2D eigenvalue weighted by molar-refractivity contribution is 0.0696. The number of hydrogen-bond donors (Lipinski definition) is 1. The zero-order chi connectivity index (χ0) is 15.3. The number of benzene rings is 2. The van der Waals surface area contributed by atoms with E-state index in [0.29, 0.717) is 18.8 Å². The van der Waals surface area contributed by atoms with E-state index >= 15 is 0 Å². The standard InChI is InChI=1S/C18H14O4/c19-16-3-1-2-10-7-15-13-5-4-11(18(20)21)6-12(13)9-22-17(15)8-14(10)16/h4-8H,1-3,9H2,(H,20,21). The van der Waals surface area contributed by atoms with Crippen LogP contribution in [0.25, 0.3) is 11.1 Å². The smallest absolute Gasteiger partial charge is 0.335 e. The molecule has 0 spiro atoms. The van der Waals surface area contributed by atoms with E-state index in [1.54, 1.807) is 12.1 Å². The molecule has 1 aliphatic carbocycles. The van der Waals surface area contributed by atoms with E-state index in [0.717, 1.165) is 40.7 Å². The van der Waals surface area contributed by atoms with Gasteiger partial charge in [0, 0.05) is 17.5 Å². The molecule has 4 heteroatoms. The second-order valence-corrected chi connectivity index (χ2v) is 5.75. The zero-order valence-corrected chi connectivity index (χ0v) is 11.9. The van der Waals surface area contributed by atoms with Crippen LogP contribution in [0, 0.1) is 0 Å². The lowest BCUT2D eigenvalue weighted by atomic mass is 9.86. The number of carboxylic acids is 1. The molecule has 0 aromatic heterocycles. The van der Waals surface area contributed by atoms with Crippen molar-refractivity contribution in [2.24, 2.45) is 0 Å². The number of carboxylic acid groups (broad SMARTS) is 1. The van der Waals surface area contributed by atoms with Crippen molar-refractivity contribution in [3.05, 3.63) is 52.6 Å². The molecule has 0 fully saturated rings. The molecule has 22 heavy (non-hydrogen) atoms. The summed E-state index contributed by atoms with van der Waals surface area (Å²) >= 11 is 0. The van der Waals surface area contributed by atoms with Crippen molar-refractivity contribution in [2.75, 3.05) is 0 Å². The Hall–Kier alpha value is -2.62. The molecule has 0 atom stereocenters. The Morgan fingerprint density at radius 3 is 2.68 bits per heavy atom. The number of rotatable bonds is 1. The van der Waals surface area contributed by atoms with Crippen LogP contribution in [-0.2, 0) is 13.0 Å². The van der Waals surface area contributed by atoms with Gasteiger partial charge < -0.3 is 9.84 Å². The molecule has 0 amide bonds. The summed E-state index contributed by atoms with van der Waals surface area (Å²) in [5.41, 5.74) is 4.91. The van der Waals surface area contributed by atoms with Gasteiger partial charge in [-0.3, -0.25) is 4.79 Å². The fraction of sp³-hybridized carbons (Fsp3) is 0.222. The van der Waals surface area contributed by atoms with Crippen molar-refractivity contribution in [3.8, 4) is 16.9 Å². The maximum Gasteiger partial charge on any atom is 0.335 e. The van der Waals surface area contributed by atoms with Crippen LogP contribution in [0.5, 0.6) is 5.75 Å². The van der Waals surface area contributed by atoms with Gasteiger partial charge in [-0.05, 0) is 53.8 Å². The molecule has 4 nitrogen and oxygen atoms in total. The van der Waals surface area contributed by atoms with Gasteiger partial charge in [0.1, 0.15) is 12.4 Å². The van der Waals surface area contributed by atoms with Gasteiger partial charge in [-0.25, -0.2) is 4.79 Å². The number of carbonyl (C=O) groups excluding carboxylic acids is 1. The molecule has 110 valence electrons. The highest BCUT2D eigenvalue weighted by Gasteiger charge is 2.24. The Morgan fingerprint density at radius 2 is 1.86 bits per heavy atom. The maximum absolute atomic E-state index is 12.0. The quantitative estimate of drug-likeness (QED) is 0.874. The minimum Gasteiger partial charge on any atom is -0.488 e. The first-order valence-corrected chi connectivity index (χ1v) is 7.33. The predicted molar refractivity (Wildman–Crippen MR) is 80.4 cm³/mol. The second kappa shape index (κ2) is 4.70. The Balaban J connectivity index is 1.88. The van der Waals surface area contributed by atoms with Crippen molar-refractivity contribution >= 4 is 11.8 Å². The first-order valence-electron chi connectivity index (χ1n) is 7.33. The van der Waals surface area contributed by atoms with Crippen LogP contribution < -0.4 is 4.74 Å². The van der Waals surface area contributed by atoms with Gasteiger partial charge in [-0.15, -0.1) is 0 Å². The third kappa shape index (κ3) is 1.91. The summed E-state index contributed by atoms with van der Waals surface area (Å²) in [4.78, 5) is 23.1. The fourth-order valence-electron chi connectivity index (χ4n) is 3.26. The average Bonchev–Trinajstić information content (AvgIpc) is 2.53. The van der Waals surface area contributed by atoms with Gasteiger partial charge in [0.2, 0.25) is 0 Å². The third-order valence-corrected chi connectivity index (χ3v) is 4.38. The Bertz CT molecular complexity index is 820. The van der Waals surface area contributed by atoms with Crippen LogP contribution in [0.2, 0.25) is 0 Å². The molecular weight excluding hydrogens is 280 g/mol. The van der Waals surface area contributed by atoms with Gasteiger partial charge >= 0.3 is 5.97 Å². The van der Waals surface area contributed by atoms with Crippen molar-refractivity contribution in [1.29, 1.82) is 0 Å². The van der Waals surface area contributed by atoms with Crippen LogP contribution in [0.4, 0.5) is 0 Å². The Kier molecular flexibility index (Phi) is 2.79. The molecule has 1 N–H and O–H groups in total. The Labute approximate surface area is 127 Å². The van der Waals surface area contributed by atoms with Crippen molar-refractivity contribution < 1.29 is 19.4 Å². The number of fused-ring (bicyclic) bond motifs is 4. The van der Waals surface area contributed by atoms with Crippen molar-refractivity contribution in [3.63, 3.8) is 0 Å². The summed E-state index contributed by atoms with van der Waals surface area (Å²) < 4.78 is 5.75. The lowest BCUT2D eigenvalue weighted by Gasteiger charge is -2.24. The van der Waals surface area contributed by atoms with Gasteiger partial charge in [0.25, 0.3) is 0 Å². The van der Waals surface area contributed by atoms with E-state index in [1.807, 2.05) is 18.2 Å². The fourth-order valence-corrected chi connectivity index (χ4v) is 3.26. The summed E-state index contributed by atoms with van der Waals surface area (Å²) in [7, 11) is 0. The summed E-state index contributed by atoms with van der Waals surface area (Å²) in [5, 5.41) is 9.09. The topological polar surface area (TPSA) is 63.6 Å². The summed E-state index contributed by atoms with van der Waals surface area (Å²) in [6, 6.07) is 8.98. The minimum absolute atomic E-state index is 0.180. The average molecular weight is 294 g/mol. The predicted octanol–water partition coefficient (Wildman–Crippen LogP) is 3.46. The monoisotopic (exact) mass is 294 g/mol. The largest absolute Gasteiger partial charge is 0.488 e. The molecule has 2 aromatic carbocycles. The number of ketones is 1. The van der Waals surface area contributed by atoms with Crippen LogP contribution in [0.3, 0.4) is 0 Å². The van der Waals surface area contributed by atoms with E-state index in [4.69, 9.17) is 9.84 Å².